The Kier molecular flexibility index (Phi) is 1.48. The Hall–Kier alpha value is -1.13. The highest BCUT2D eigenvalue weighted by molar-refractivity contribution is 5.11. The lowest BCUT2D eigenvalue weighted by Gasteiger charge is -2.07. The maximum atomic E-state index is 5.55. The average Bonchev–Trinajstić information content (AvgIpc) is 2.55. The molecule has 2 N–H and O–H groups in total. The second-order valence-corrected chi connectivity index (χ2v) is 2.92. The van der Waals surface area contributed by atoms with Gasteiger partial charge in [-0.2, -0.15) is 0 Å². The maximum Gasteiger partial charge on any atom is 0.240 e. The number of hydrogen-bond acceptors (Lipinski definition) is 4. The van der Waals surface area contributed by atoms with Gasteiger partial charge in [0.2, 0.25) is 5.95 Å². The van der Waals surface area contributed by atoms with Gasteiger partial charge in [-0.1, -0.05) is 17.9 Å². The Bertz CT molecular complexity index is 237. The van der Waals surface area contributed by atoms with Gasteiger partial charge in [-0.3, -0.25) is 0 Å². The molecule has 1 fully saturated rings. The van der Waals surface area contributed by atoms with Crippen LogP contribution in [0.25, 0.3) is 0 Å². The van der Waals surface area contributed by atoms with E-state index in [0.717, 1.165) is 12.8 Å². The van der Waals surface area contributed by atoms with Gasteiger partial charge in [-0.25, -0.2) is 4.68 Å². The van der Waals surface area contributed by atoms with E-state index in [1.807, 2.05) is 0 Å². The standard InChI is InChI=1S/C6H11N5/c7-6-8-9-10-11(6)5-3-1-2-4-5/h5H,1-4H2,(H2,7,8,10). The summed E-state index contributed by atoms with van der Waals surface area (Å²) < 4.78 is 1.73. The van der Waals surface area contributed by atoms with Crippen LogP contribution in [0.4, 0.5) is 5.95 Å². The summed E-state index contributed by atoms with van der Waals surface area (Å²) in [7, 11) is 0. The van der Waals surface area contributed by atoms with Crippen LogP contribution in [0.1, 0.15) is 31.7 Å². The monoisotopic (exact) mass is 153 g/mol. The summed E-state index contributed by atoms with van der Waals surface area (Å²) in [4.78, 5) is 0. The summed E-state index contributed by atoms with van der Waals surface area (Å²) in [5.74, 6) is 0.442. The summed E-state index contributed by atoms with van der Waals surface area (Å²) in [6, 6.07) is 0.449. The number of anilines is 1. The van der Waals surface area contributed by atoms with E-state index in [0.29, 0.717) is 12.0 Å². The fraction of sp³-hybridized carbons (Fsp3) is 0.833. The minimum atomic E-state index is 0.442. The van der Waals surface area contributed by atoms with Gasteiger partial charge in [0.1, 0.15) is 0 Å². The number of nitrogens with two attached hydrogens (primary N) is 1. The van der Waals surface area contributed by atoms with Gasteiger partial charge >= 0.3 is 0 Å². The van der Waals surface area contributed by atoms with Crippen molar-refractivity contribution >= 4 is 5.95 Å². The molecule has 0 amide bonds. The van der Waals surface area contributed by atoms with Gasteiger partial charge in [0.15, 0.2) is 0 Å². The number of tetrazole rings is 1. The number of nitrogen functional groups attached to an aromatic ring is 1. The van der Waals surface area contributed by atoms with E-state index in [1.165, 1.54) is 12.8 Å². The second kappa shape index (κ2) is 2.48. The zero-order chi connectivity index (χ0) is 7.68. The van der Waals surface area contributed by atoms with Crippen molar-refractivity contribution in [3.8, 4) is 0 Å². The predicted molar refractivity (Wildman–Crippen MR) is 39.7 cm³/mol. The largest absolute Gasteiger partial charge is 0.367 e. The molecule has 0 atom stereocenters. The van der Waals surface area contributed by atoms with E-state index >= 15 is 0 Å². The topological polar surface area (TPSA) is 69.6 Å². The van der Waals surface area contributed by atoms with Crippen molar-refractivity contribution in [2.24, 2.45) is 0 Å². The van der Waals surface area contributed by atoms with Crippen LogP contribution in [0.5, 0.6) is 0 Å². The van der Waals surface area contributed by atoms with E-state index in [-0.39, 0.29) is 0 Å². The normalized spacial score (nSPS) is 19.3. The maximum absolute atomic E-state index is 5.55. The van der Waals surface area contributed by atoms with Gasteiger partial charge in [0.05, 0.1) is 6.04 Å². The average molecular weight is 153 g/mol. The molecule has 0 spiro atoms. The Labute approximate surface area is 64.6 Å². The van der Waals surface area contributed by atoms with Crippen molar-refractivity contribution in [3.05, 3.63) is 0 Å². The van der Waals surface area contributed by atoms with Crippen molar-refractivity contribution in [2.45, 2.75) is 31.7 Å². The molecule has 2 rings (SSSR count). The lowest BCUT2D eigenvalue weighted by molar-refractivity contribution is 0.460. The Balaban J connectivity index is 2.21. The molecule has 1 aromatic heterocycles. The van der Waals surface area contributed by atoms with Crippen molar-refractivity contribution in [1.82, 2.24) is 20.2 Å². The zero-order valence-electron chi connectivity index (χ0n) is 6.27. The predicted octanol–water partition coefficient (Wildman–Crippen LogP) is 0.370. The SMILES string of the molecule is Nc1nnnn1C1CCCC1. The molecule has 0 radical (unpaired) electrons. The Morgan fingerprint density at radius 2 is 2.09 bits per heavy atom. The van der Waals surface area contributed by atoms with E-state index in [1.54, 1.807) is 4.68 Å². The molecule has 5 nitrogen and oxygen atoms in total. The molecule has 1 saturated carbocycles. The smallest absolute Gasteiger partial charge is 0.240 e. The molecule has 0 aromatic carbocycles. The van der Waals surface area contributed by atoms with Gasteiger partial charge in [-0.05, 0) is 23.3 Å². The Morgan fingerprint density at radius 1 is 1.36 bits per heavy atom. The minimum Gasteiger partial charge on any atom is -0.367 e. The molecule has 0 aliphatic heterocycles. The summed E-state index contributed by atoms with van der Waals surface area (Å²) in [5, 5.41) is 11.0. The zero-order valence-corrected chi connectivity index (χ0v) is 6.27. The van der Waals surface area contributed by atoms with Crippen LogP contribution in [-0.4, -0.2) is 20.2 Å². The van der Waals surface area contributed by atoms with Crippen molar-refractivity contribution in [1.29, 1.82) is 0 Å². The minimum absolute atomic E-state index is 0.442. The third-order valence-corrected chi connectivity index (χ3v) is 2.19. The number of nitrogens with zero attached hydrogens (tertiary/aromatic N) is 4. The lowest BCUT2D eigenvalue weighted by Crippen LogP contribution is -2.10. The Morgan fingerprint density at radius 3 is 2.64 bits per heavy atom. The van der Waals surface area contributed by atoms with Crippen LogP contribution < -0.4 is 5.73 Å². The van der Waals surface area contributed by atoms with Crippen molar-refractivity contribution in [3.63, 3.8) is 0 Å². The molecule has 1 aliphatic rings. The summed E-state index contributed by atoms with van der Waals surface area (Å²) in [5.41, 5.74) is 5.55. The van der Waals surface area contributed by atoms with E-state index in [9.17, 15) is 0 Å². The van der Waals surface area contributed by atoms with Gasteiger partial charge in [-0.15, -0.1) is 0 Å². The number of hydrogen-bond donors (Lipinski definition) is 1. The second-order valence-electron chi connectivity index (χ2n) is 2.92. The van der Waals surface area contributed by atoms with Gasteiger partial charge in [0, 0.05) is 0 Å². The van der Waals surface area contributed by atoms with E-state index < -0.39 is 0 Å². The molecule has 11 heavy (non-hydrogen) atoms. The van der Waals surface area contributed by atoms with Crippen LogP contribution >= 0.6 is 0 Å². The molecule has 1 heterocycles. The first-order chi connectivity index (χ1) is 5.38. The highest BCUT2D eigenvalue weighted by Gasteiger charge is 2.19. The molecule has 0 saturated heterocycles. The van der Waals surface area contributed by atoms with Crippen molar-refractivity contribution in [2.75, 3.05) is 5.73 Å². The molecule has 1 aromatic rings. The molecular weight excluding hydrogens is 142 g/mol. The highest BCUT2D eigenvalue weighted by atomic mass is 15.6. The molecule has 1 aliphatic carbocycles. The first-order valence-corrected chi connectivity index (χ1v) is 3.91. The molecule has 0 unspecified atom stereocenters. The third kappa shape index (κ3) is 1.06. The molecule has 5 heteroatoms. The van der Waals surface area contributed by atoms with Gasteiger partial charge < -0.3 is 5.73 Å². The highest BCUT2D eigenvalue weighted by Crippen LogP contribution is 2.29. The van der Waals surface area contributed by atoms with Crippen LogP contribution in [0, 0.1) is 0 Å². The fourth-order valence-corrected chi connectivity index (χ4v) is 1.61. The van der Waals surface area contributed by atoms with E-state index in [4.69, 9.17) is 5.73 Å². The summed E-state index contributed by atoms with van der Waals surface area (Å²) in [6.07, 6.45) is 4.86. The summed E-state index contributed by atoms with van der Waals surface area (Å²) >= 11 is 0. The number of aromatic nitrogens is 4. The molecule has 60 valence electrons. The van der Waals surface area contributed by atoms with Crippen LogP contribution in [0.3, 0.4) is 0 Å². The number of rotatable bonds is 1. The lowest BCUT2D eigenvalue weighted by atomic mass is 10.3. The third-order valence-electron chi connectivity index (χ3n) is 2.19. The quantitative estimate of drug-likeness (QED) is 0.632. The van der Waals surface area contributed by atoms with Crippen molar-refractivity contribution < 1.29 is 0 Å². The van der Waals surface area contributed by atoms with Gasteiger partial charge in [0.25, 0.3) is 0 Å². The fourth-order valence-electron chi connectivity index (χ4n) is 1.61. The first kappa shape index (κ1) is 6.57. The van der Waals surface area contributed by atoms with Crippen LogP contribution in [-0.2, 0) is 0 Å². The molecular formula is C6H11N5. The van der Waals surface area contributed by atoms with E-state index in [2.05, 4.69) is 15.5 Å². The first-order valence-electron chi connectivity index (χ1n) is 3.91. The summed E-state index contributed by atoms with van der Waals surface area (Å²) in [6.45, 7) is 0. The molecule has 0 bridgehead atoms. The van der Waals surface area contributed by atoms with Crippen LogP contribution in [0.15, 0.2) is 0 Å². The van der Waals surface area contributed by atoms with Crippen LogP contribution in [0.2, 0.25) is 0 Å².